The zero-order chi connectivity index (χ0) is 12.3. The standard InChI is InChI=1S/C12H19N3O2/c1-8-2-9-4-11(3-8)6-12(11,5-9)17-10(16)15(14)7-13/h7-9,13H,2-6,14H2,1H3. The molecule has 2 bridgehead atoms. The van der Waals surface area contributed by atoms with E-state index >= 15 is 0 Å². The molecule has 3 aliphatic carbocycles. The first-order valence-electron chi connectivity index (χ1n) is 6.28. The third kappa shape index (κ3) is 1.41. The van der Waals surface area contributed by atoms with E-state index in [1.54, 1.807) is 0 Å². The molecular weight excluding hydrogens is 218 g/mol. The number of ether oxygens (including phenoxy) is 1. The number of nitrogens with one attached hydrogen (secondary N) is 1. The van der Waals surface area contributed by atoms with Crippen molar-refractivity contribution in [3.8, 4) is 0 Å². The summed E-state index contributed by atoms with van der Waals surface area (Å²) in [5, 5.41) is 7.66. The van der Waals surface area contributed by atoms with Crippen LogP contribution in [0.5, 0.6) is 0 Å². The molecule has 3 N–H and O–H groups in total. The number of rotatable bonds is 2. The van der Waals surface area contributed by atoms with Crippen LogP contribution in [0.1, 0.15) is 39.0 Å². The second kappa shape index (κ2) is 3.22. The highest BCUT2D eigenvalue weighted by atomic mass is 16.6. The minimum Gasteiger partial charge on any atom is -0.441 e. The minimum atomic E-state index is -0.586. The Hall–Kier alpha value is -1.10. The molecule has 0 aromatic carbocycles. The number of hydrazine groups is 1. The quantitative estimate of drug-likeness (QED) is 0.253. The fourth-order valence-electron chi connectivity index (χ4n) is 4.43. The maximum absolute atomic E-state index is 11.7. The van der Waals surface area contributed by atoms with Crippen LogP contribution in [0.4, 0.5) is 4.79 Å². The summed E-state index contributed by atoms with van der Waals surface area (Å²) in [6, 6.07) is 0. The lowest BCUT2D eigenvalue weighted by molar-refractivity contribution is 0.0464. The van der Waals surface area contributed by atoms with Gasteiger partial charge in [0, 0.05) is 5.41 Å². The predicted molar refractivity (Wildman–Crippen MR) is 62.2 cm³/mol. The monoisotopic (exact) mass is 237 g/mol. The topological polar surface area (TPSA) is 79.4 Å². The lowest BCUT2D eigenvalue weighted by atomic mass is 9.77. The third-order valence-corrected chi connectivity index (χ3v) is 4.87. The van der Waals surface area contributed by atoms with Crippen molar-refractivity contribution in [2.45, 2.75) is 44.6 Å². The second-order valence-electron chi connectivity index (χ2n) is 6.18. The average Bonchev–Trinajstić information content (AvgIpc) is 2.73. The summed E-state index contributed by atoms with van der Waals surface area (Å²) in [6.45, 7) is 2.29. The summed E-state index contributed by atoms with van der Waals surface area (Å²) in [5.74, 6) is 6.81. The first-order chi connectivity index (χ1) is 8.00. The van der Waals surface area contributed by atoms with Gasteiger partial charge in [-0.2, -0.15) is 0 Å². The summed E-state index contributed by atoms with van der Waals surface area (Å²) >= 11 is 0. The molecule has 3 aliphatic rings. The number of carbonyl (C=O) groups is 1. The smallest absolute Gasteiger partial charge is 0.430 e. The van der Waals surface area contributed by atoms with E-state index in [1.165, 1.54) is 19.3 Å². The molecule has 4 atom stereocenters. The maximum atomic E-state index is 11.7. The molecule has 0 saturated heterocycles. The van der Waals surface area contributed by atoms with E-state index in [9.17, 15) is 4.79 Å². The Morgan fingerprint density at radius 1 is 1.53 bits per heavy atom. The second-order valence-corrected chi connectivity index (χ2v) is 6.18. The van der Waals surface area contributed by atoms with E-state index < -0.39 is 6.09 Å². The Morgan fingerprint density at radius 3 is 3.00 bits per heavy atom. The van der Waals surface area contributed by atoms with Crippen molar-refractivity contribution in [3.05, 3.63) is 0 Å². The van der Waals surface area contributed by atoms with Gasteiger partial charge in [0.05, 0.1) is 0 Å². The number of hydrogen-bond donors (Lipinski definition) is 2. The van der Waals surface area contributed by atoms with E-state index in [0.29, 0.717) is 10.9 Å². The molecule has 0 radical (unpaired) electrons. The van der Waals surface area contributed by atoms with E-state index in [0.717, 1.165) is 25.1 Å². The van der Waals surface area contributed by atoms with Gasteiger partial charge in [-0.1, -0.05) is 6.92 Å². The largest absolute Gasteiger partial charge is 0.441 e. The van der Waals surface area contributed by atoms with Crippen molar-refractivity contribution in [1.82, 2.24) is 5.01 Å². The Morgan fingerprint density at radius 2 is 2.29 bits per heavy atom. The molecule has 1 spiro atoms. The molecule has 0 aromatic rings. The van der Waals surface area contributed by atoms with Crippen molar-refractivity contribution in [3.63, 3.8) is 0 Å². The molecular formula is C12H19N3O2. The van der Waals surface area contributed by atoms with Gasteiger partial charge in [-0.3, -0.25) is 5.41 Å². The van der Waals surface area contributed by atoms with Crippen LogP contribution in [0, 0.1) is 22.7 Å². The third-order valence-electron chi connectivity index (χ3n) is 4.87. The molecule has 0 aromatic heterocycles. The Labute approximate surface area is 101 Å². The fraction of sp³-hybridized carbons (Fsp3) is 0.833. The molecule has 3 fully saturated rings. The van der Waals surface area contributed by atoms with Crippen molar-refractivity contribution in [1.29, 1.82) is 5.41 Å². The number of carbonyl (C=O) groups excluding carboxylic acids is 1. The maximum Gasteiger partial charge on any atom is 0.430 e. The van der Waals surface area contributed by atoms with Crippen molar-refractivity contribution in [2.75, 3.05) is 0 Å². The van der Waals surface area contributed by atoms with E-state index in [4.69, 9.17) is 16.0 Å². The van der Waals surface area contributed by atoms with Gasteiger partial charge in [0.2, 0.25) is 0 Å². The molecule has 3 saturated carbocycles. The molecule has 94 valence electrons. The molecule has 3 rings (SSSR count). The van der Waals surface area contributed by atoms with Gasteiger partial charge < -0.3 is 4.74 Å². The fourth-order valence-corrected chi connectivity index (χ4v) is 4.43. The zero-order valence-electron chi connectivity index (χ0n) is 10.1. The highest BCUT2D eigenvalue weighted by molar-refractivity contribution is 5.80. The van der Waals surface area contributed by atoms with Crippen LogP contribution in [0.25, 0.3) is 0 Å². The molecule has 5 nitrogen and oxygen atoms in total. The van der Waals surface area contributed by atoms with Gasteiger partial charge in [0.15, 0.2) is 0 Å². The van der Waals surface area contributed by atoms with Gasteiger partial charge in [0.25, 0.3) is 0 Å². The zero-order valence-corrected chi connectivity index (χ0v) is 10.1. The van der Waals surface area contributed by atoms with Gasteiger partial charge in [-0.15, -0.1) is 0 Å². The number of nitrogens with two attached hydrogens (primary N) is 1. The van der Waals surface area contributed by atoms with Gasteiger partial charge in [0.1, 0.15) is 11.9 Å². The lowest BCUT2D eigenvalue weighted by Gasteiger charge is -2.27. The van der Waals surface area contributed by atoms with Crippen LogP contribution in [-0.4, -0.2) is 23.0 Å². The number of fused-ring (bicyclic) bond motifs is 1. The van der Waals surface area contributed by atoms with Gasteiger partial charge in [-0.25, -0.2) is 15.6 Å². The van der Waals surface area contributed by atoms with Crippen LogP contribution in [-0.2, 0) is 4.74 Å². The first kappa shape index (κ1) is 11.0. The molecule has 5 heteroatoms. The Balaban J connectivity index is 1.74. The number of nitrogens with zero attached hydrogens (tertiary/aromatic N) is 1. The van der Waals surface area contributed by atoms with Crippen molar-refractivity contribution in [2.24, 2.45) is 23.1 Å². The van der Waals surface area contributed by atoms with Crippen LogP contribution < -0.4 is 5.84 Å². The lowest BCUT2D eigenvalue weighted by Crippen LogP contribution is -2.39. The SMILES string of the molecule is CC1CC2CC3(C1)CC3(OC(=O)N(N)C=N)C2. The normalized spacial score (nSPS) is 46.0. The van der Waals surface area contributed by atoms with Crippen molar-refractivity contribution < 1.29 is 9.53 Å². The molecule has 17 heavy (non-hydrogen) atoms. The van der Waals surface area contributed by atoms with Crippen LogP contribution >= 0.6 is 0 Å². The molecule has 0 aliphatic heterocycles. The van der Waals surface area contributed by atoms with Crippen LogP contribution in [0.2, 0.25) is 0 Å². The van der Waals surface area contributed by atoms with E-state index in [2.05, 4.69) is 6.92 Å². The Bertz CT molecular complexity index is 386. The predicted octanol–water partition coefficient (Wildman–Crippen LogP) is 1.87. The average molecular weight is 237 g/mol. The Kier molecular flexibility index (Phi) is 2.09. The highest BCUT2D eigenvalue weighted by Gasteiger charge is 2.76. The molecule has 1 amide bonds. The first-order valence-corrected chi connectivity index (χ1v) is 6.28. The minimum absolute atomic E-state index is 0.244. The van der Waals surface area contributed by atoms with Gasteiger partial charge >= 0.3 is 6.09 Å². The number of hydrogen-bond acceptors (Lipinski definition) is 4. The van der Waals surface area contributed by atoms with E-state index in [-0.39, 0.29) is 11.0 Å². The van der Waals surface area contributed by atoms with E-state index in [1.807, 2.05) is 0 Å². The number of amides is 1. The highest BCUT2D eigenvalue weighted by Crippen LogP contribution is 2.76. The summed E-state index contributed by atoms with van der Waals surface area (Å²) in [5.41, 5.74) is -0.00595. The summed E-state index contributed by atoms with van der Waals surface area (Å²) in [4.78, 5) is 11.7. The van der Waals surface area contributed by atoms with Crippen LogP contribution in [0.3, 0.4) is 0 Å². The van der Waals surface area contributed by atoms with Crippen LogP contribution in [0.15, 0.2) is 0 Å². The van der Waals surface area contributed by atoms with Crippen molar-refractivity contribution >= 4 is 12.4 Å². The molecule has 0 heterocycles. The summed E-state index contributed by atoms with van der Waals surface area (Å²) in [6.07, 6.45) is 5.84. The summed E-state index contributed by atoms with van der Waals surface area (Å²) < 4.78 is 5.59. The summed E-state index contributed by atoms with van der Waals surface area (Å²) in [7, 11) is 0. The molecule has 4 unspecified atom stereocenters. The van der Waals surface area contributed by atoms with Gasteiger partial charge in [-0.05, 0) is 43.9 Å².